The van der Waals surface area contributed by atoms with E-state index in [0.29, 0.717) is 10.6 Å². The first-order valence-electron chi connectivity index (χ1n) is 5.78. The molecule has 1 fully saturated rings. The van der Waals surface area contributed by atoms with Gasteiger partial charge in [0.25, 0.3) is 11.8 Å². The monoisotopic (exact) mass is 306 g/mol. The number of nitrogens with zero attached hydrogens (tertiary/aromatic N) is 1. The lowest BCUT2D eigenvalue weighted by Gasteiger charge is -2.27. The molecule has 2 amide bonds. The zero-order valence-corrected chi connectivity index (χ0v) is 12.0. The first kappa shape index (κ1) is 14.4. The Hall–Kier alpha value is -1.98. The van der Waals surface area contributed by atoms with Crippen LogP contribution in [0, 0.1) is 0 Å². The second-order valence-corrected chi connectivity index (χ2v) is 4.90. The van der Waals surface area contributed by atoms with Gasteiger partial charge in [0.15, 0.2) is 5.11 Å². The summed E-state index contributed by atoms with van der Waals surface area (Å²) >= 11 is 10.8. The lowest BCUT2D eigenvalue weighted by Crippen LogP contribution is -2.53. The van der Waals surface area contributed by atoms with Crippen molar-refractivity contribution in [3.63, 3.8) is 0 Å². The van der Waals surface area contributed by atoms with Crippen LogP contribution in [0.15, 0.2) is 42.5 Å². The SMILES string of the molecule is C=CCN1C(=O)C(=Cc2cccc(Cl)c2)C(=O)NC1=S. The number of nitrogens with one attached hydrogen (secondary N) is 1. The predicted octanol–water partition coefficient (Wildman–Crippen LogP) is 2.15. The average molecular weight is 307 g/mol. The third kappa shape index (κ3) is 2.95. The van der Waals surface area contributed by atoms with Crippen LogP contribution in [0.2, 0.25) is 5.02 Å². The molecule has 2 rings (SSSR count). The Morgan fingerprint density at radius 1 is 1.40 bits per heavy atom. The van der Waals surface area contributed by atoms with E-state index in [2.05, 4.69) is 11.9 Å². The number of carbonyl (C=O) groups excluding carboxylic acids is 2. The molecular weight excluding hydrogens is 296 g/mol. The van der Waals surface area contributed by atoms with Gasteiger partial charge in [-0.3, -0.25) is 19.8 Å². The van der Waals surface area contributed by atoms with Gasteiger partial charge in [0.05, 0.1) is 0 Å². The van der Waals surface area contributed by atoms with Crippen molar-refractivity contribution in [2.75, 3.05) is 6.54 Å². The quantitative estimate of drug-likeness (QED) is 0.403. The van der Waals surface area contributed by atoms with Crippen LogP contribution in [0.4, 0.5) is 0 Å². The number of halogens is 1. The van der Waals surface area contributed by atoms with Crippen molar-refractivity contribution in [3.05, 3.63) is 53.1 Å². The Kier molecular flexibility index (Phi) is 4.32. The summed E-state index contributed by atoms with van der Waals surface area (Å²) in [6, 6.07) is 6.88. The molecule has 0 aromatic heterocycles. The molecule has 102 valence electrons. The van der Waals surface area contributed by atoms with E-state index in [0.717, 1.165) is 0 Å². The fourth-order valence-electron chi connectivity index (χ4n) is 1.75. The second kappa shape index (κ2) is 5.98. The molecule has 0 aliphatic carbocycles. The summed E-state index contributed by atoms with van der Waals surface area (Å²) in [4.78, 5) is 25.4. The van der Waals surface area contributed by atoms with Crippen LogP contribution in [0.25, 0.3) is 6.08 Å². The van der Waals surface area contributed by atoms with Gasteiger partial charge < -0.3 is 0 Å². The molecule has 1 N–H and O–H groups in total. The largest absolute Gasteiger partial charge is 0.298 e. The van der Waals surface area contributed by atoms with Gasteiger partial charge in [-0.05, 0) is 36.0 Å². The number of hydrogen-bond donors (Lipinski definition) is 1. The van der Waals surface area contributed by atoms with Crippen LogP contribution >= 0.6 is 23.8 Å². The van der Waals surface area contributed by atoms with Gasteiger partial charge in [0, 0.05) is 11.6 Å². The minimum absolute atomic E-state index is 0.0164. The molecule has 1 aliphatic heterocycles. The smallest absolute Gasteiger partial charge is 0.265 e. The van der Waals surface area contributed by atoms with Crippen LogP contribution in [-0.2, 0) is 9.59 Å². The molecule has 0 spiro atoms. The molecule has 1 heterocycles. The Morgan fingerprint density at radius 3 is 2.80 bits per heavy atom. The molecule has 1 aromatic rings. The van der Waals surface area contributed by atoms with Crippen molar-refractivity contribution < 1.29 is 9.59 Å². The number of hydrogen-bond acceptors (Lipinski definition) is 3. The van der Waals surface area contributed by atoms with E-state index >= 15 is 0 Å². The Balaban J connectivity index is 2.38. The third-order valence-electron chi connectivity index (χ3n) is 2.66. The van der Waals surface area contributed by atoms with Crippen LogP contribution < -0.4 is 5.32 Å². The highest BCUT2D eigenvalue weighted by Gasteiger charge is 2.32. The van der Waals surface area contributed by atoms with E-state index in [9.17, 15) is 9.59 Å². The normalized spacial score (nSPS) is 17.4. The maximum absolute atomic E-state index is 12.3. The van der Waals surface area contributed by atoms with Crippen molar-refractivity contribution in [3.8, 4) is 0 Å². The van der Waals surface area contributed by atoms with E-state index < -0.39 is 11.8 Å². The molecule has 20 heavy (non-hydrogen) atoms. The molecule has 0 bridgehead atoms. The van der Waals surface area contributed by atoms with Crippen LogP contribution in [0.1, 0.15) is 5.56 Å². The van der Waals surface area contributed by atoms with Gasteiger partial charge >= 0.3 is 0 Å². The Labute approximate surface area is 126 Å². The van der Waals surface area contributed by atoms with Crippen LogP contribution in [-0.4, -0.2) is 28.4 Å². The number of amides is 2. The van der Waals surface area contributed by atoms with E-state index in [4.69, 9.17) is 23.8 Å². The summed E-state index contributed by atoms with van der Waals surface area (Å²) in [6.07, 6.45) is 3.03. The zero-order chi connectivity index (χ0) is 14.7. The standard InChI is InChI=1S/C14H11ClN2O2S/c1-2-6-17-13(19)11(12(18)16-14(17)20)8-9-4-3-5-10(15)7-9/h2-5,7-8H,1,6H2,(H,16,18,20). The number of thiocarbonyl (C=S) groups is 1. The lowest BCUT2D eigenvalue weighted by atomic mass is 10.1. The summed E-state index contributed by atoms with van der Waals surface area (Å²) in [5.74, 6) is -0.959. The highest BCUT2D eigenvalue weighted by atomic mass is 35.5. The fourth-order valence-corrected chi connectivity index (χ4v) is 2.20. The molecule has 1 aromatic carbocycles. The molecule has 1 saturated heterocycles. The molecule has 1 aliphatic rings. The summed E-state index contributed by atoms with van der Waals surface area (Å²) in [5.41, 5.74) is 0.685. The fraction of sp³-hybridized carbons (Fsp3) is 0.0714. The first-order valence-corrected chi connectivity index (χ1v) is 6.57. The van der Waals surface area contributed by atoms with E-state index in [1.54, 1.807) is 30.3 Å². The average Bonchev–Trinajstić information content (AvgIpc) is 2.39. The Morgan fingerprint density at radius 2 is 2.15 bits per heavy atom. The highest BCUT2D eigenvalue weighted by molar-refractivity contribution is 7.80. The van der Waals surface area contributed by atoms with Crippen LogP contribution in [0.5, 0.6) is 0 Å². The molecule has 4 nitrogen and oxygen atoms in total. The molecule has 0 radical (unpaired) electrons. The van der Waals surface area contributed by atoms with Gasteiger partial charge in [-0.15, -0.1) is 6.58 Å². The van der Waals surface area contributed by atoms with Crippen LogP contribution in [0.3, 0.4) is 0 Å². The second-order valence-electron chi connectivity index (χ2n) is 4.08. The van der Waals surface area contributed by atoms with Crippen molar-refractivity contribution >= 4 is 46.8 Å². The number of benzene rings is 1. The maximum atomic E-state index is 12.3. The van der Waals surface area contributed by atoms with Crippen molar-refractivity contribution in [1.29, 1.82) is 0 Å². The highest BCUT2D eigenvalue weighted by Crippen LogP contribution is 2.17. The summed E-state index contributed by atoms with van der Waals surface area (Å²) in [6.45, 7) is 3.80. The third-order valence-corrected chi connectivity index (χ3v) is 3.21. The maximum Gasteiger partial charge on any atom is 0.265 e. The van der Waals surface area contributed by atoms with E-state index in [-0.39, 0.29) is 17.2 Å². The van der Waals surface area contributed by atoms with E-state index in [1.165, 1.54) is 11.0 Å². The van der Waals surface area contributed by atoms with Crippen molar-refractivity contribution in [2.45, 2.75) is 0 Å². The van der Waals surface area contributed by atoms with Crippen molar-refractivity contribution in [2.24, 2.45) is 0 Å². The molecule has 6 heteroatoms. The Bertz CT molecular complexity index is 640. The molecule has 0 saturated carbocycles. The topological polar surface area (TPSA) is 49.4 Å². The summed E-state index contributed by atoms with van der Waals surface area (Å²) < 4.78 is 0. The van der Waals surface area contributed by atoms with Crippen molar-refractivity contribution in [1.82, 2.24) is 10.2 Å². The minimum atomic E-state index is -0.514. The number of carbonyl (C=O) groups is 2. The van der Waals surface area contributed by atoms with Gasteiger partial charge in [0.1, 0.15) is 5.57 Å². The van der Waals surface area contributed by atoms with Gasteiger partial charge in [0.2, 0.25) is 0 Å². The minimum Gasteiger partial charge on any atom is -0.298 e. The summed E-state index contributed by atoms with van der Waals surface area (Å²) in [7, 11) is 0. The summed E-state index contributed by atoms with van der Waals surface area (Å²) in [5, 5.41) is 3.09. The first-order chi connectivity index (χ1) is 9.52. The van der Waals surface area contributed by atoms with Gasteiger partial charge in [-0.1, -0.05) is 29.8 Å². The van der Waals surface area contributed by atoms with E-state index in [1.807, 2.05) is 0 Å². The zero-order valence-electron chi connectivity index (χ0n) is 10.4. The molecule has 0 unspecified atom stereocenters. The van der Waals surface area contributed by atoms with Gasteiger partial charge in [-0.25, -0.2) is 0 Å². The number of rotatable bonds is 3. The molecular formula is C14H11ClN2O2S. The lowest BCUT2D eigenvalue weighted by molar-refractivity contribution is -0.128. The predicted molar refractivity (Wildman–Crippen MR) is 82.1 cm³/mol. The van der Waals surface area contributed by atoms with Gasteiger partial charge in [-0.2, -0.15) is 0 Å². The molecule has 0 atom stereocenters.